The Morgan fingerprint density at radius 1 is 1.41 bits per heavy atom. The molecule has 0 unspecified atom stereocenters. The highest BCUT2D eigenvalue weighted by atomic mass is 79.9. The highest BCUT2D eigenvalue weighted by Crippen LogP contribution is 2.28. The van der Waals surface area contributed by atoms with Gasteiger partial charge in [0.1, 0.15) is 0 Å². The van der Waals surface area contributed by atoms with Crippen molar-refractivity contribution in [2.45, 2.75) is 19.8 Å². The Labute approximate surface area is 119 Å². The van der Waals surface area contributed by atoms with E-state index in [-0.39, 0.29) is 0 Å². The Morgan fingerprint density at radius 3 is 3.00 bits per heavy atom. The summed E-state index contributed by atoms with van der Waals surface area (Å²) in [6, 6.07) is 6.28. The van der Waals surface area contributed by atoms with Gasteiger partial charge in [0.2, 0.25) is 0 Å². The number of alkyl halides is 1. The molecular formula is C13H13BrClNS. The van der Waals surface area contributed by atoms with E-state index in [0.717, 1.165) is 23.0 Å². The molecule has 0 bridgehead atoms. The van der Waals surface area contributed by atoms with E-state index in [0.29, 0.717) is 5.88 Å². The van der Waals surface area contributed by atoms with Gasteiger partial charge in [-0.1, -0.05) is 22.0 Å². The second-order valence-corrected chi connectivity index (χ2v) is 6.11. The first-order valence-corrected chi connectivity index (χ1v) is 7.68. The Bertz CT molecular complexity index is 510. The number of hydrogen-bond donors (Lipinski definition) is 0. The Balaban J connectivity index is 2.27. The molecule has 0 saturated carbocycles. The molecule has 0 radical (unpaired) electrons. The van der Waals surface area contributed by atoms with E-state index in [9.17, 15) is 0 Å². The van der Waals surface area contributed by atoms with Crippen LogP contribution in [0.4, 0.5) is 0 Å². The van der Waals surface area contributed by atoms with Crippen molar-refractivity contribution < 1.29 is 0 Å². The van der Waals surface area contributed by atoms with Gasteiger partial charge in [0.25, 0.3) is 0 Å². The minimum Gasteiger partial charge on any atom is -0.241 e. The van der Waals surface area contributed by atoms with Crippen LogP contribution < -0.4 is 0 Å². The molecule has 0 spiro atoms. The van der Waals surface area contributed by atoms with Crippen molar-refractivity contribution in [2.75, 3.05) is 5.88 Å². The predicted octanol–water partition coefficient (Wildman–Crippen LogP) is 5.05. The van der Waals surface area contributed by atoms with E-state index < -0.39 is 0 Å². The average Bonchev–Trinajstić information content (AvgIpc) is 2.78. The van der Waals surface area contributed by atoms with Crippen LogP contribution in [0.15, 0.2) is 28.1 Å². The van der Waals surface area contributed by atoms with Gasteiger partial charge in [-0.05, 0) is 31.0 Å². The van der Waals surface area contributed by atoms with E-state index in [1.165, 1.54) is 16.1 Å². The largest absolute Gasteiger partial charge is 0.241 e. The van der Waals surface area contributed by atoms with Crippen LogP contribution >= 0.6 is 38.9 Å². The summed E-state index contributed by atoms with van der Waals surface area (Å²) in [6.45, 7) is 2.11. The van der Waals surface area contributed by atoms with Crippen LogP contribution in [-0.4, -0.2) is 10.9 Å². The van der Waals surface area contributed by atoms with Gasteiger partial charge in [-0.2, -0.15) is 0 Å². The van der Waals surface area contributed by atoms with Crippen molar-refractivity contribution in [2.24, 2.45) is 0 Å². The lowest BCUT2D eigenvalue weighted by atomic mass is 10.1. The summed E-state index contributed by atoms with van der Waals surface area (Å²) < 4.78 is 1.09. The first kappa shape index (κ1) is 13.1. The molecule has 2 rings (SSSR count). The number of benzene rings is 1. The van der Waals surface area contributed by atoms with E-state index in [2.05, 4.69) is 51.4 Å². The molecule has 1 aromatic carbocycles. The second kappa shape index (κ2) is 5.98. The van der Waals surface area contributed by atoms with Crippen molar-refractivity contribution in [1.29, 1.82) is 0 Å². The molecule has 0 N–H and O–H groups in total. The topological polar surface area (TPSA) is 12.9 Å². The van der Waals surface area contributed by atoms with Crippen LogP contribution in [-0.2, 0) is 6.42 Å². The molecule has 0 aliphatic carbocycles. The molecule has 90 valence electrons. The summed E-state index contributed by atoms with van der Waals surface area (Å²) in [5.74, 6) is 0.699. The maximum absolute atomic E-state index is 5.69. The van der Waals surface area contributed by atoms with Crippen molar-refractivity contribution >= 4 is 38.9 Å². The summed E-state index contributed by atoms with van der Waals surface area (Å²) in [4.78, 5) is 4.66. The number of thiazole rings is 1. The number of aromatic nitrogens is 1. The van der Waals surface area contributed by atoms with Gasteiger partial charge in [-0.15, -0.1) is 22.9 Å². The minimum absolute atomic E-state index is 0.699. The van der Waals surface area contributed by atoms with Gasteiger partial charge < -0.3 is 0 Å². The van der Waals surface area contributed by atoms with Gasteiger partial charge in [0.15, 0.2) is 0 Å². The Hall–Kier alpha value is -0.380. The molecule has 4 heteroatoms. The third kappa shape index (κ3) is 3.30. The van der Waals surface area contributed by atoms with Crippen LogP contribution in [0.1, 0.15) is 17.0 Å². The van der Waals surface area contributed by atoms with Gasteiger partial charge >= 0.3 is 0 Å². The Morgan fingerprint density at radius 2 is 2.24 bits per heavy atom. The predicted molar refractivity (Wildman–Crippen MR) is 79.0 cm³/mol. The molecule has 1 aromatic heterocycles. The first-order chi connectivity index (χ1) is 8.20. The van der Waals surface area contributed by atoms with E-state index in [1.54, 1.807) is 11.3 Å². The van der Waals surface area contributed by atoms with Crippen LogP contribution in [0, 0.1) is 6.92 Å². The molecule has 1 nitrogen and oxygen atoms in total. The lowest BCUT2D eigenvalue weighted by molar-refractivity contribution is 0.916. The summed E-state index contributed by atoms with van der Waals surface area (Å²) in [6.07, 6.45) is 1.97. The highest BCUT2D eigenvalue weighted by Gasteiger charge is 2.07. The zero-order valence-electron chi connectivity index (χ0n) is 9.54. The average molecular weight is 331 g/mol. The zero-order valence-corrected chi connectivity index (χ0v) is 12.7. The maximum Gasteiger partial charge on any atom is 0.0933 e. The van der Waals surface area contributed by atoms with Gasteiger partial charge in [0, 0.05) is 27.7 Å². The monoisotopic (exact) mass is 329 g/mol. The van der Waals surface area contributed by atoms with Gasteiger partial charge in [-0.25, -0.2) is 4.98 Å². The van der Waals surface area contributed by atoms with E-state index in [4.69, 9.17) is 11.6 Å². The highest BCUT2D eigenvalue weighted by molar-refractivity contribution is 9.10. The molecule has 1 heterocycles. The van der Waals surface area contributed by atoms with E-state index >= 15 is 0 Å². The second-order valence-electron chi connectivity index (χ2n) is 3.88. The number of rotatable bonds is 4. The molecular weight excluding hydrogens is 318 g/mol. The Kier molecular flexibility index (Phi) is 4.60. The third-order valence-corrected chi connectivity index (χ3v) is 4.22. The number of hydrogen-bond acceptors (Lipinski definition) is 2. The normalized spacial score (nSPS) is 10.8. The number of aryl methyl sites for hydroxylation is 2. The maximum atomic E-state index is 5.69. The fraction of sp³-hybridized carbons (Fsp3) is 0.308. The van der Waals surface area contributed by atoms with Crippen LogP contribution in [0.5, 0.6) is 0 Å². The molecule has 2 aromatic rings. The quantitative estimate of drug-likeness (QED) is 0.715. The molecule has 0 atom stereocenters. The summed E-state index contributed by atoms with van der Waals surface area (Å²) in [5, 5.41) is 3.29. The van der Waals surface area contributed by atoms with Crippen molar-refractivity contribution in [3.63, 3.8) is 0 Å². The van der Waals surface area contributed by atoms with Crippen LogP contribution in [0.2, 0.25) is 0 Å². The fourth-order valence-electron chi connectivity index (χ4n) is 1.64. The lowest BCUT2D eigenvalue weighted by Gasteiger charge is -2.02. The molecule has 0 saturated heterocycles. The molecule has 0 amide bonds. The van der Waals surface area contributed by atoms with Gasteiger partial charge in [-0.3, -0.25) is 0 Å². The van der Waals surface area contributed by atoms with E-state index in [1.807, 2.05) is 0 Å². The number of nitrogens with zero attached hydrogens (tertiary/aromatic N) is 1. The third-order valence-electron chi connectivity index (χ3n) is 2.55. The molecule has 0 aliphatic heterocycles. The molecule has 17 heavy (non-hydrogen) atoms. The van der Waals surface area contributed by atoms with Crippen LogP contribution in [0.3, 0.4) is 0 Å². The van der Waals surface area contributed by atoms with Gasteiger partial charge in [0.05, 0.1) is 10.7 Å². The van der Waals surface area contributed by atoms with Crippen molar-refractivity contribution in [3.05, 3.63) is 38.6 Å². The van der Waals surface area contributed by atoms with Crippen molar-refractivity contribution in [3.8, 4) is 11.3 Å². The zero-order chi connectivity index (χ0) is 12.3. The minimum atomic E-state index is 0.699. The summed E-state index contributed by atoms with van der Waals surface area (Å²) in [7, 11) is 0. The first-order valence-electron chi connectivity index (χ1n) is 5.47. The smallest absolute Gasteiger partial charge is 0.0933 e. The van der Waals surface area contributed by atoms with Crippen molar-refractivity contribution in [1.82, 2.24) is 4.98 Å². The fourth-order valence-corrected chi connectivity index (χ4v) is 2.97. The lowest BCUT2D eigenvalue weighted by Crippen LogP contribution is -1.87. The number of halogens is 2. The standard InChI is InChI=1S/C13H13BrClNS/c1-9-4-5-10(14)7-11(9)12-8-17-13(16-12)3-2-6-15/h4-5,7-8H,2-3,6H2,1H3. The van der Waals surface area contributed by atoms with Crippen LogP contribution in [0.25, 0.3) is 11.3 Å². The summed E-state index contributed by atoms with van der Waals surface area (Å²) in [5.41, 5.74) is 3.52. The SMILES string of the molecule is Cc1ccc(Br)cc1-c1csc(CCCCl)n1. The molecule has 0 fully saturated rings. The molecule has 0 aliphatic rings. The summed E-state index contributed by atoms with van der Waals surface area (Å²) >= 11 is 10.9.